The van der Waals surface area contributed by atoms with Crippen LogP contribution in [0.5, 0.6) is 0 Å². The highest BCUT2D eigenvalue weighted by Gasteiger charge is 2.29. The molecule has 0 bridgehead atoms. The number of hydrogen-bond acceptors (Lipinski definition) is 3. The standard InChI is InChI=1S/C11H16ClN3O3/c1-7(12)11(2,3)13-10(16)8-5-6-9(14(8)4)15(17)18/h5-7H,1-4H3,(H,13,16). The number of nitrogens with one attached hydrogen (secondary N) is 1. The van der Waals surface area contributed by atoms with E-state index in [4.69, 9.17) is 11.6 Å². The van der Waals surface area contributed by atoms with Crippen LogP contribution in [0.4, 0.5) is 5.82 Å². The van der Waals surface area contributed by atoms with E-state index in [1.54, 1.807) is 20.8 Å². The highest BCUT2D eigenvalue weighted by molar-refractivity contribution is 6.21. The minimum absolute atomic E-state index is 0.128. The van der Waals surface area contributed by atoms with Crippen molar-refractivity contribution in [2.24, 2.45) is 7.05 Å². The lowest BCUT2D eigenvalue weighted by Crippen LogP contribution is -2.49. The van der Waals surface area contributed by atoms with Crippen LogP contribution in [0.15, 0.2) is 12.1 Å². The largest absolute Gasteiger partial charge is 0.358 e. The first kappa shape index (κ1) is 14.5. The third-order valence-corrected chi connectivity index (χ3v) is 3.49. The first-order chi connectivity index (χ1) is 8.16. The fourth-order valence-electron chi connectivity index (χ4n) is 1.37. The highest BCUT2D eigenvalue weighted by atomic mass is 35.5. The average Bonchev–Trinajstić information content (AvgIpc) is 2.59. The third-order valence-electron chi connectivity index (χ3n) is 2.95. The van der Waals surface area contributed by atoms with E-state index in [9.17, 15) is 14.9 Å². The molecule has 1 unspecified atom stereocenters. The van der Waals surface area contributed by atoms with Crippen molar-refractivity contribution in [1.82, 2.24) is 9.88 Å². The van der Waals surface area contributed by atoms with Crippen molar-refractivity contribution in [3.63, 3.8) is 0 Å². The summed E-state index contributed by atoms with van der Waals surface area (Å²) in [5.74, 6) is -0.514. The lowest BCUT2D eigenvalue weighted by atomic mass is 10.0. The molecule has 18 heavy (non-hydrogen) atoms. The number of carbonyl (C=O) groups excluding carboxylic acids is 1. The summed E-state index contributed by atoms with van der Waals surface area (Å²) in [6.45, 7) is 5.36. The molecule has 0 aliphatic carbocycles. The number of hydrogen-bond donors (Lipinski definition) is 1. The molecular formula is C11H16ClN3O3. The van der Waals surface area contributed by atoms with Crippen LogP contribution >= 0.6 is 11.6 Å². The Hall–Kier alpha value is -1.56. The molecule has 0 fully saturated rings. The second-order valence-corrected chi connectivity index (χ2v) is 5.34. The summed E-state index contributed by atoms with van der Waals surface area (Å²) in [4.78, 5) is 22.2. The molecule has 1 N–H and O–H groups in total. The molecule has 1 atom stereocenters. The van der Waals surface area contributed by atoms with Gasteiger partial charge in [0.25, 0.3) is 5.91 Å². The number of nitro groups is 1. The Morgan fingerprint density at radius 3 is 2.50 bits per heavy atom. The highest BCUT2D eigenvalue weighted by Crippen LogP contribution is 2.18. The van der Waals surface area contributed by atoms with Crippen LogP contribution in [0.2, 0.25) is 0 Å². The Kier molecular flexibility index (Phi) is 4.01. The van der Waals surface area contributed by atoms with Crippen molar-refractivity contribution >= 4 is 23.3 Å². The molecule has 100 valence electrons. The van der Waals surface area contributed by atoms with Gasteiger partial charge in [0, 0.05) is 6.07 Å². The van der Waals surface area contributed by atoms with E-state index in [1.165, 1.54) is 23.7 Å². The molecule has 0 aliphatic rings. The molecule has 1 rings (SSSR count). The molecule has 1 amide bonds. The number of amides is 1. The molecule has 1 aromatic heterocycles. The van der Waals surface area contributed by atoms with Crippen molar-refractivity contribution in [1.29, 1.82) is 0 Å². The van der Waals surface area contributed by atoms with Gasteiger partial charge in [-0.25, -0.2) is 4.57 Å². The zero-order chi connectivity index (χ0) is 14.1. The molecule has 0 spiro atoms. The van der Waals surface area contributed by atoms with Crippen LogP contribution in [0.3, 0.4) is 0 Å². The van der Waals surface area contributed by atoms with E-state index in [-0.39, 0.29) is 22.8 Å². The van der Waals surface area contributed by atoms with Crippen LogP contribution in [0.25, 0.3) is 0 Å². The molecule has 0 saturated heterocycles. The molecule has 1 heterocycles. The van der Waals surface area contributed by atoms with Crippen molar-refractivity contribution in [2.45, 2.75) is 31.7 Å². The molecule has 6 nitrogen and oxygen atoms in total. The van der Waals surface area contributed by atoms with Gasteiger partial charge in [-0.1, -0.05) is 0 Å². The van der Waals surface area contributed by atoms with Crippen LogP contribution in [-0.4, -0.2) is 26.3 Å². The van der Waals surface area contributed by atoms with E-state index in [0.717, 1.165) is 0 Å². The zero-order valence-electron chi connectivity index (χ0n) is 10.7. The van der Waals surface area contributed by atoms with Gasteiger partial charge in [0.1, 0.15) is 0 Å². The monoisotopic (exact) mass is 273 g/mol. The lowest BCUT2D eigenvalue weighted by Gasteiger charge is -2.28. The Morgan fingerprint density at radius 1 is 1.56 bits per heavy atom. The Bertz CT molecular complexity index is 480. The predicted molar refractivity (Wildman–Crippen MR) is 68.9 cm³/mol. The molecule has 7 heteroatoms. The molecule has 0 aromatic carbocycles. The molecule has 1 aromatic rings. The summed E-state index contributed by atoms with van der Waals surface area (Å²) in [5.41, 5.74) is -0.371. The quantitative estimate of drug-likeness (QED) is 0.518. The Morgan fingerprint density at radius 2 is 2.11 bits per heavy atom. The second kappa shape index (κ2) is 4.97. The smallest absolute Gasteiger partial charge is 0.323 e. The van der Waals surface area contributed by atoms with Crippen LogP contribution in [-0.2, 0) is 7.05 Å². The minimum Gasteiger partial charge on any atom is -0.358 e. The van der Waals surface area contributed by atoms with Crippen molar-refractivity contribution in [2.75, 3.05) is 0 Å². The van der Waals surface area contributed by atoms with Gasteiger partial charge in [0.05, 0.1) is 18.0 Å². The molecule has 0 aliphatic heterocycles. The summed E-state index contributed by atoms with van der Waals surface area (Å²) in [7, 11) is 1.48. The van der Waals surface area contributed by atoms with Crippen molar-refractivity contribution in [3.8, 4) is 0 Å². The van der Waals surface area contributed by atoms with Gasteiger partial charge in [0.15, 0.2) is 5.69 Å². The number of nitrogens with zero attached hydrogens (tertiary/aromatic N) is 2. The molecular weight excluding hydrogens is 258 g/mol. The Balaban J connectivity index is 2.96. The number of carbonyl (C=O) groups is 1. The van der Waals surface area contributed by atoms with Gasteiger partial charge < -0.3 is 15.4 Å². The fraction of sp³-hybridized carbons (Fsp3) is 0.545. The van der Waals surface area contributed by atoms with Crippen LogP contribution < -0.4 is 5.32 Å². The second-order valence-electron chi connectivity index (χ2n) is 4.68. The first-order valence-electron chi connectivity index (χ1n) is 5.43. The summed E-state index contributed by atoms with van der Waals surface area (Å²) in [6.07, 6.45) is 0. The number of halogens is 1. The third kappa shape index (κ3) is 2.81. The fourth-order valence-corrected chi connectivity index (χ4v) is 1.42. The maximum Gasteiger partial charge on any atom is 0.323 e. The maximum absolute atomic E-state index is 12.0. The SMILES string of the molecule is CC(Cl)C(C)(C)NC(=O)c1ccc([N+](=O)[O-])n1C. The van der Waals surface area contributed by atoms with E-state index in [2.05, 4.69) is 5.32 Å². The molecule has 0 radical (unpaired) electrons. The van der Waals surface area contributed by atoms with Crippen molar-refractivity contribution < 1.29 is 9.72 Å². The van der Waals surface area contributed by atoms with Crippen LogP contribution in [0.1, 0.15) is 31.3 Å². The van der Waals surface area contributed by atoms with Gasteiger partial charge in [-0.05, 0) is 31.8 Å². The lowest BCUT2D eigenvalue weighted by molar-refractivity contribution is -0.391. The summed E-state index contributed by atoms with van der Waals surface area (Å²) >= 11 is 5.97. The maximum atomic E-state index is 12.0. The first-order valence-corrected chi connectivity index (χ1v) is 5.87. The minimum atomic E-state index is -0.600. The zero-order valence-corrected chi connectivity index (χ0v) is 11.5. The topological polar surface area (TPSA) is 77.2 Å². The van der Waals surface area contributed by atoms with Gasteiger partial charge in [-0.15, -0.1) is 11.6 Å². The van der Waals surface area contributed by atoms with Gasteiger partial charge >= 0.3 is 5.82 Å². The van der Waals surface area contributed by atoms with Gasteiger partial charge in [0.2, 0.25) is 0 Å². The van der Waals surface area contributed by atoms with E-state index in [0.29, 0.717) is 0 Å². The number of rotatable bonds is 4. The Labute approximate surface area is 110 Å². The van der Waals surface area contributed by atoms with Gasteiger partial charge in [-0.3, -0.25) is 4.79 Å². The normalized spacial score (nSPS) is 13.2. The van der Waals surface area contributed by atoms with E-state index >= 15 is 0 Å². The van der Waals surface area contributed by atoms with E-state index in [1.807, 2.05) is 0 Å². The van der Waals surface area contributed by atoms with Crippen molar-refractivity contribution in [3.05, 3.63) is 27.9 Å². The van der Waals surface area contributed by atoms with Gasteiger partial charge in [-0.2, -0.15) is 0 Å². The van der Waals surface area contributed by atoms with E-state index < -0.39 is 10.5 Å². The summed E-state index contributed by atoms with van der Waals surface area (Å²) in [5, 5.41) is 13.2. The summed E-state index contributed by atoms with van der Waals surface area (Å²) in [6, 6.07) is 2.72. The summed E-state index contributed by atoms with van der Waals surface area (Å²) < 4.78 is 1.24. The average molecular weight is 274 g/mol. The number of aromatic nitrogens is 1. The number of alkyl halides is 1. The molecule has 0 saturated carbocycles. The predicted octanol–water partition coefficient (Wildman–Crippen LogP) is 2.07. The van der Waals surface area contributed by atoms with Crippen LogP contribution in [0, 0.1) is 10.1 Å².